The Balaban J connectivity index is 2.15. The summed E-state index contributed by atoms with van der Waals surface area (Å²) >= 11 is 0. The van der Waals surface area contributed by atoms with Crippen LogP contribution < -0.4 is 5.32 Å². The lowest BCUT2D eigenvalue weighted by Crippen LogP contribution is -2.46. The first-order valence-corrected chi connectivity index (χ1v) is 9.57. The van der Waals surface area contributed by atoms with Crippen molar-refractivity contribution in [2.24, 2.45) is 11.3 Å². The Labute approximate surface area is 133 Å². The highest BCUT2D eigenvalue weighted by atomic mass is 14.9. The molecule has 1 fully saturated rings. The van der Waals surface area contributed by atoms with Crippen LogP contribution in [-0.4, -0.2) is 12.6 Å². The maximum Gasteiger partial charge on any atom is 0.0312 e. The van der Waals surface area contributed by atoms with E-state index in [1.165, 1.54) is 77.2 Å². The van der Waals surface area contributed by atoms with Crippen molar-refractivity contribution in [3.8, 4) is 0 Å². The number of hydrogen-bond acceptors (Lipinski definition) is 1. The van der Waals surface area contributed by atoms with E-state index in [0.29, 0.717) is 11.5 Å². The summed E-state index contributed by atoms with van der Waals surface area (Å²) in [5, 5.41) is 3.94. The third kappa shape index (κ3) is 4.84. The maximum absolute atomic E-state index is 3.94. The van der Waals surface area contributed by atoms with Gasteiger partial charge in [-0.2, -0.15) is 0 Å². The van der Waals surface area contributed by atoms with E-state index in [4.69, 9.17) is 0 Å². The van der Waals surface area contributed by atoms with Crippen LogP contribution in [0.1, 0.15) is 91.4 Å². The van der Waals surface area contributed by atoms with Gasteiger partial charge in [-0.15, -0.1) is 0 Å². The fourth-order valence-electron chi connectivity index (χ4n) is 4.47. The van der Waals surface area contributed by atoms with E-state index < -0.39 is 0 Å². The van der Waals surface area contributed by atoms with Crippen LogP contribution in [0.3, 0.4) is 0 Å². The molecule has 1 saturated carbocycles. The van der Waals surface area contributed by atoms with Gasteiger partial charge >= 0.3 is 0 Å². The second-order valence-corrected chi connectivity index (χ2v) is 8.00. The summed E-state index contributed by atoms with van der Waals surface area (Å²) < 4.78 is 0. The molecule has 0 aromatic rings. The largest absolute Gasteiger partial charge is 0.310 e. The van der Waals surface area contributed by atoms with Crippen LogP contribution in [0, 0.1) is 11.3 Å². The summed E-state index contributed by atoms with van der Waals surface area (Å²) in [6.07, 6.45) is 17.9. The first-order valence-electron chi connectivity index (χ1n) is 9.57. The molecule has 2 rings (SSSR count). The lowest BCUT2D eigenvalue weighted by atomic mass is 9.64. The first kappa shape index (κ1) is 17.1. The molecule has 0 aromatic heterocycles. The Bertz CT molecular complexity index is 329. The number of rotatable bonds is 5. The predicted octanol–water partition coefficient (Wildman–Crippen LogP) is 5.85. The molecule has 0 bridgehead atoms. The summed E-state index contributed by atoms with van der Waals surface area (Å²) in [6.45, 7) is 8.50. The van der Waals surface area contributed by atoms with Gasteiger partial charge < -0.3 is 5.32 Å². The summed E-state index contributed by atoms with van der Waals surface area (Å²) in [4.78, 5) is 0. The van der Waals surface area contributed by atoms with Crippen molar-refractivity contribution in [2.75, 3.05) is 6.54 Å². The molecule has 2 atom stereocenters. The van der Waals surface area contributed by atoms with E-state index >= 15 is 0 Å². The standard InChI is InChI=1S/C20H37N/c1-4-16-21-19(17-12-8-6-5-7-9-13-17)18-14-10-11-15-20(18,2)3/h12,18-19,21H,4-11,13-16H2,1-3H3. The van der Waals surface area contributed by atoms with Gasteiger partial charge in [0.15, 0.2) is 0 Å². The third-order valence-electron chi connectivity index (χ3n) is 5.83. The van der Waals surface area contributed by atoms with Crippen molar-refractivity contribution in [2.45, 2.75) is 97.4 Å². The summed E-state index contributed by atoms with van der Waals surface area (Å²) in [7, 11) is 0. The Morgan fingerprint density at radius 3 is 2.71 bits per heavy atom. The van der Waals surface area contributed by atoms with Crippen LogP contribution >= 0.6 is 0 Å². The Kier molecular flexibility index (Phi) is 6.79. The summed E-state index contributed by atoms with van der Waals surface area (Å²) in [5.41, 5.74) is 2.26. The highest BCUT2D eigenvalue weighted by molar-refractivity contribution is 5.15. The van der Waals surface area contributed by atoms with E-state index in [-0.39, 0.29) is 0 Å². The Morgan fingerprint density at radius 1 is 1.14 bits per heavy atom. The molecule has 0 radical (unpaired) electrons. The van der Waals surface area contributed by atoms with E-state index in [1.54, 1.807) is 5.57 Å². The van der Waals surface area contributed by atoms with Crippen molar-refractivity contribution in [3.63, 3.8) is 0 Å². The molecule has 1 N–H and O–H groups in total. The molecule has 21 heavy (non-hydrogen) atoms. The normalized spacial score (nSPS) is 28.3. The second kappa shape index (κ2) is 8.36. The molecule has 1 nitrogen and oxygen atoms in total. The quantitative estimate of drug-likeness (QED) is 0.626. The highest BCUT2D eigenvalue weighted by Gasteiger charge is 2.38. The number of hydrogen-bond donors (Lipinski definition) is 1. The second-order valence-electron chi connectivity index (χ2n) is 8.00. The lowest BCUT2D eigenvalue weighted by molar-refractivity contribution is 0.109. The SMILES string of the molecule is CCCNC(C1=CCCCCCC1)C1CCCCC1(C)C. The minimum Gasteiger partial charge on any atom is -0.310 e. The zero-order valence-corrected chi connectivity index (χ0v) is 14.7. The summed E-state index contributed by atoms with van der Waals surface area (Å²) in [5.74, 6) is 0.837. The lowest BCUT2D eigenvalue weighted by Gasteiger charge is -2.44. The van der Waals surface area contributed by atoms with Crippen LogP contribution in [0.25, 0.3) is 0 Å². The van der Waals surface area contributed by atoms with E-state index in [1.807, 2.05) is 0 Å². The van der Waals surface area contributed by atoms with Gasteiger partial charge in [-0.25, -0.2) is 0 Å². The fourth-order valence-corrected chi connectivity index (χ4v) is 4.47. The number of nitrogens with one attached hydrogen (secondary N) is 1. The van der Waals surface area contributed by atoms with Crippen molar-refractivity contribution in [1.82, 2.24) is 5.32 Å². The van der Waals surface area contributed by atoms with Gasteiger partial charge in [0, 0.05) is 6.04 Å². The van der Waals surface area contributed by atoms with Crippen LogP contribution in [0.5, 0.6) is 0 Å². The van der Waals surface area contributed by atoms with Crippen LogP contribution in [-0.2, 0) is 0 Å². The fraction of sp³-hybridized carbons (Fsp3) is 0.900. The zero-order chi connectivity index (χ0) is 15.1. The smallest absolute Gasteiger partial charge is 0.0312 e. The topological polar surface area (TPSA) is 12.0 Å². The first-order chi connectivity index (χ1) is 10.1. The predicted molar refractivity (Wildman–Crippen MR) is 93.6 cm³/mol. The molecular formula is C20H37N. The van der Waals surface area contributed by atoms with Crippen LogP contribution in [0.15, 0.2) is 11.6 Å². The molecule has 2 aliphatic rings. The minimum absolute atomic E-state index is 0.507. The van der Waals surface area contributed by atoms with Gasteiger partial charge in [0.05, 0.1) is 0 Å². The minimum atomic E-state index is 0.507. The molecule has 1 heteroatoms. The average Bonchev–Trinajstić information content (AvgIpc) is 2.41. The van der Waals surface area contributed by atoms with Gasteiger partial charge in [0.25, 0.3) is 0 Å². The third-order valence-corrected chi connectivity index (χ3v) is 5.83. The molecule has 0 heterocycles. The highest BCUT2D eigenvalue weighted by Crippen LogP contribution is 2.44. The van der Waals surface area contributed by atoms with Crippen molar-refractivity contribution in [1.29, 1.82) is 0 Å². The van der Waals surface area contributed by atoms with E-state index in [0.717, 1.165) is 5.92 Å². The molecule has 0 spiro atoms. The van der Waals surface area contributed by atoms with Gasteiger partial charge in [-0.05, 0) is 62.8 Å². The Morgan fingerprint density at radius 2 is 1.95 bits per heavy atom. The summed E-state index contributed by atoms with van der Waals surface area (Å²) in [6, 6.07) is 0.651. The van der Waals surface area contributed by atoms with Crippen LogP contribution in [0.2, 0.25) is 0 Å². The molecule has 0 aromatic carbocycles. The van der Waals surface area contributed by atoms with E-state index in [2.05, 4.69) is 32.2 Å². The van der Waals surface area contributed by atoms with Gasteiger partial charge in [-0.1, -0.05) is 58.1 Å². The monoisotopic (exact) mass is 291 g/mol. The molecule has 2 aliphatic carbocycles. The van der Waals surface area contributed by atoms with Crippen molar-refractivity contribution >= 4 is 0 Å². The number of allylic oxidation sites excluding steroid dienone is 1. The van der Waals surface area contributed by atoms with Crippen molar-refractivity contribution in [3.05, 3.63) is 11.6 Å². The van der Waals surface area contributed by atoms with Gasteiger partial charge in [-0.3, -0.25) is 0 Å². The molecule has 0 aliphatic heterocycles. The maximum atomic E-state index is 3.94. The average molecular weight is 292 g/mol. The van der Waals surface area contributed by atoms with Gasteiger partial charge in [0.2, 0.25) is 0 Å². The van der Waals surface area contributed by atoms with Gasteiger partial charge in [0.1, 0.15) is 0 Å². The zero-order valence-electron chi connectivity index (χ0n) is 14.7. The molecule has 0 amide bonds. The van der Waals surface area contributed by atoms with Crippen molar-refractivity contribution < 1.29 is 0 Å². The molecule has 2 unspecified atom stereocenters. The molecule has 122 valence electrons. The molecular weight excluding hydrogens is 254 g/mol. The van der Waals surface area contributed by atoms with E-state index in [9.17, 15) is 0 Å². The molecule has 0 saturated heterocycles. The van der Waals surface area contributed by atoms with Crippen LogP contribution in [0.4, 0.5) is 0 Å². The Hall–Kier alpha value is -0.300.